The Bertz CT molecular complexity index is 985. The van der Waals surface area contributed by atoms with Gasteiger partial charge in [0.25, 0.3) is 5.91 Å². The summed E-state index contributed by atoms with van der Waals surface area (Å²) >= 11 is 0. The second-order valence-corrected chi connectivity index (χ2v) is 7.44. The topological polar surface area (TPSA) is 98.3 Å². The van der Waals surface area contributed by atoms with Crippen LogP contribution >= 0.6 is 0 Å². The minimum atomic E-state index is -0.995. The number of para-hydroxylation sites is 2. The molecule has 2 heterocycles. The molecule has 0 aliphatic carbocycles. The summed E-state index contributed by atoms with van der Waals surface area (Å²) < 4.78 is 0. The van der Waals surface area contributed by atoms with Gasteiger partial charge < -0.3 is 20.3 Å². The van der Waals surface area contributed by atoms with Crippen LogP contribution < -0.4 is 5.32 Å². The van der Waals surface area contributed by atoms with Gasteiger partial charge in [-0.25, -0.2) is 4.98 Å². The Hall–Kier alpha value is -3.19. The molecule has 1 aromatic heterocycles. The molecule has 1 fully saturated rings. The molecular formula is C22H24N4O3. The Kier molecular flexibility index (Phi) is 5.31. The summed E-state index contributed by atoms with van der Waals surface area (Å²) in [7, 11) is 0. The zero-order valence-corrected chi connectivity index (χ0v) is 16.3. The van der Waals surface area contributed by atoms with E-state index < -0.39 is 6.10 Å². The molecule has 0 saturated carbocycles. The van der Waals surface area contributed by atoms with Crippen LogP contribution in [0.25, 0.3) is 22.4 Å². The molecule has 7 heteroatoms. The first-order valence-corrected chi connectivity index (χ1v) is 9.84. The number of amides is 2. The number of likely N-dealkylation sites (tertiary alicyclic amines) is 1. The van der Waals surface area contributed by atoms with Crippen molar-refractivity contribution in [2.45, 2.75) is 25.9 Å². The molecule has 3 N–H and O–H groups in total. The Morgan fingerprint density at radius 2 is 1.83 bits per heavy atom. The van der Waals surface area contributed by atoms with E-state index >= 15 is 0 Å². The van der Waals surface area contributed by atoms with E-state index in [0.29, 0.717) is 25.9 Å². The van der Waals surface area contributed by atoms with E-state index in [2.05, 4.69) is 15.3 Å². The Balaban J connectivity index is 1.36. The summed E-state index contributed by atoms with van der Waals surface area (Å²) in [6, 6.07) is 15.5. The largest absolute Gasteiger partial charge is 0.384 e. The van der Waals surface area contributed by atoms with Crippen LogP contribution in [0.5, 0.6) is 0 Å². The summed E-state index contributed by atoms with van der Waals surface area (Å²) in [4.78, 5) is 33.9. The molecular weight excluding hydrogens is 368 g/mol. The van der Waals surface area contributed by atoms with Crippen molar-refractivity contribution in [2.24, 2.45) is 5.92 Å². The number of carbonyl (C=O) groups is 2. The van der Waals surface area contributed by atoms with E-state index in [1.807, 2.05) is 48.5 Å². The van der Waals surface area contributed by atoms with Gasteiger partial charge in [-0.2, -0.15) is 0 Å². The molecule has 1 aliphatic rings. The minimum Gasteiger partial charge on any atom is -0.384 e. The molecule has 4 rings (SSSR count). The van der Waals surface area contributed by atoms with Crippen molar-refractivity contribution in [2.75, 3.05) is 18.4 Å². The number of anilines is 1. The van der Waals surface area contributed by atoms with Gasteiger partial charge in [-0.05, 0) is 56.2 Å². The summed E-state index contributed by atoms with van der Waals surface area (Å²) in [5.74, 6) is 0.345. The lowest BCUT2D eigenvalue weighted by Crippen LogP contribution is -2.44. The van der Waals surface area contributed by atoms with E-state index in [1.165, 1.54) is 6.92 Å². The van der Waals surface area contributed by atoms with Crippen molar-refractivity contribution in [1.29, 1.82) is 0 Å². The van der Waals surface area contributed by atoms with Gasteiger partial charge in [-0.3, -0.25) is 9.59 Å². The number of hydrogen-bond acceptors (Lipinski definition) is 4. The first kappa shape index (κ1) is 19.1. The summed E-state index contributed by atoms with van der Waals surface area (Å²) in [5, 5.41) is 12.4. The third-order valence-corrected chi connectivity index (χ3v) is 5.35. The van der Waals surface area contributed by atoms with Gasteiger partial charge in [0.1, 0.15) is 11.9 Å². The van der Waals surface area contributed by atoms with Crippen molar-refractivity contribution < 1.29 is 14.7 Å². The normalized spacial score (nSPS) is 16.0. The van der Waals surface area contributed by atoms with Crippen molar-refractivity contribution in [1.82, 2.24) is 14.9 Å². The lowest BCUT2D eigenvalue weighted by Gasteiger charge is -2.32. The SMILES string of the molecule is C[C@@H](O)C(=O)N1CCC(C(=O)Nc2ccc(-c3nc4ccccc4[nH]3)cc2)CC1. The molecule has 2 aromatic carbocycles. The molecule has 3 aromatic rings. The highest BCUT2D eigenvalue weighted by Crippen LogP contribution is 2.24. The highest BCUT2D eigenvalue weighted by molar-refractivity contribution is 5.93. The Morgan fingerprint density at radius 1 is 1.14 bits per heavy atom. The number of nitrogens with one attached hydrogen (secondary N) is 2. The monoisotopic (exact) mass is 392 g/mol. The van der Waals surface area contributed by atoms with E-state index in [0.717, 1.165) is 28.1 Å². The van der Waals surface area contributed by atoms with Crippen LogP contribution in [-0.4, -0.2) is 51.0 Å². The number of aromatic nitrogens is 2. The zero-order chi connectivity index (χ0) is 20.4. The standard InChI is InChI=1S/C22H24N4O3/c1-14(27)22(29)26-12-10-16(11-13-26)21(28)23-17-8-6-15(7-9-17)20-24-18-4-2-3-5-19(18)25-20/h2-9,14,16,27H,10-13H2,1H3,(H,23,28)(H,24,25)/t14-/m1/s1. The van der Waals surface area contributed by atoms with Crippen LogP contribution in [0.4, 0.5) is 5.69 Å². The van der Waals surface area contributed by atoms with Crippen molar-refractivity contribution >= 4 is 28.5 Å². The van der Waals surface area contributed by atoms with Crippen LogP contribution in [-0.2, 0) is 9.59 Å². The summed E-state index contributed by atoms with van der Waals surface area (Å²) in [5.41, 5.74) is 3.59. The van der Waals surface area contributed by atoms with Crippen molar-refractivity contribution in [3.05, 3.63) is 48.5 Å². The summed E-state index contributed by atoms with van der Waals surface area (Å²) in [6.45, 7) is 2.45. The number of hydrogen-bond donors (Lipinski definition) is 3. The van der Waals surface area contributed by atoms with Gasteiger partial charge in [0, 0.05) is 30.3 Å². The maximum absolute atomic E-state index is 12.6. The molecule has 1 saturated heterocycles. The molecule has 1 aliphatic heterocycles. The van der Waals surface area contributed by atoms with E-state index in [9.17, 15) is 14.7 Å². The average Bonchev–Trinajstić information content (AvgIpc) is 3.18. The fraction of sp³-hybridized carbons (Fsp3) is 0.318. The number of aromatic amines is 1. The lowest BCUT2D eigenvalue weighted by molar-refractivity contribution is -0.141. The van der Waals surface area contributed by atoms with E-state index in [4.69, 9.17) is 0 Å². The quantitative estimate of drug-likeness (QED) is 0.636. The molecule has 1 atom stereocenters. The van der Waals surface area contributed by atoms with Gasteiger partial charge in [-0.15, -0.1) is 0 Å². The van der Waals surface area contributed by atoms with Crippen molar-refractivity contribution in [3.8, 4) is 11.4 Å². The molecule has 7 nitrogen and oxygen atoms in total. The number of imidazole rings is 1. The fourth-order valence-corrected chi connectivity index (χ4v) is 3.67. The number of benzene rings is 2. The lowest BCUT2D eigenvalue weighted by atomic mass is 9.95. The van der Waals surface area contributed by atoms with Crippen LogP contribution in [0.2, 0.25) is 0 Å². The van der Waals surface area contributed by atoms with Crippen LogP contribution in [0.3, 0.4) is 0 Å². The van der Waals surface area contributed by atoms with Crippen molar-refractivity contribution in [3.63, 3.8) is 0 Å². The predicted molar refractivity (Wildman–Crippen MR) is 111 cm³/mol. The first-order valence-electron chi connectivity index (χ1n) is 9.84. The molecule has 0 spiro atoms. The van der Waals surface area contributed by atoms with Gasteiger partial charge in [0.05, 0.1) is 11.0 Å². The minimum absolute atomic E-state index is 0.0365. The number of fused-ring (bicyclic) bond motifs is 1. The van der Waals surface area contributed by atoms with Gasteiger partial charge in [0.15, 0.2) is 0 Å². The number of aliphatic hydroxyl groups excluding tert-OH is 1. The van der Waals surface area contributed by atoms with E-state index in [1.54, 1.807) is 4.90 Å². The third kappa shape index (κ3) is 4.14. The fourth-order valence-electron chi connectivity index (χ4n) is 3.67. The number of aliphatic hydroxyl groups is 1. The van der Waals surface area contributed by atoms with E-state index in [-0.39, 0.29) is 17.7 Å². The zero-order valence-electron chi connectivity index (χ0n) is 16.3. The third-order valence-electron chi connectivity index (χ3n) is 5.35. The molecule has 150 valence electrons. The second kappa shape index (κ2) is 8.05. The maximum atomic E-state index is 12.6. The first-order chi connectivity index (χ1) is 14.0. The highest BCUT2D eigenvalue weighted by atomic mass is 16.3. The smallest absolute Gasteiger partial charge is 0.251 e. The van der Waals surface area contributed by atoms with Crippen LogP contribution in [0.1, 0.15) is 19.8 Å². The Morgan fingerprint density at radius 3 is 2.48 bits per heavy atom. The van der Waals surface area contributed by atoms with Gasteiger partial charge in [-0.1, -0.05) is 12.1 Å². The van der Waals surface area contributed by atoms with Crippen LogP contribution in [0.15, 0.2) is 48.5 Å². The molecule has 0 unspecified atom stereocenters. The molecule has 0 radical (unpaired) electrons. The predicted octanol–water partition coefficient (Wildman–Crippen LogP) is 2.79. The number of piperidine rings is 1. The molecule has 2 amide bonds. The number of carbonyl (C=O) groups excluding carboxylic acids is 2. The van der Waals surface area contributed by atoms with Crippen LogP contribution in [0, 0.1) is 5.92 Å². The Labute approximate surface area is 168 Å². The average molecular weight is 392 g/mol. The number of rotatable bonds is 4. The molecule has 29 heavy (non-hydrogen) atoms. The second-order valence-electron chi connectivity index (χ2n) is 7.44. The summed E-state index contributed by atoms with van der Waals surface area (Å²) in [6.07, 6.45) is 0.202. The molecule has 0 bridgehead atoms. The number of nitrogens with zero attached hydrogens (tertiary/aromatic N) is 2. The van der Waals surface area contributed by atoms with Gasteiger partial charge in [0.2, 0.25) is 5.91 Å². The van der Waals surface area contributed by atoms with Gasteiger partial charge >= 0.3 is 0 Å². The number of H-pyrrole nitrogens is 1. The maximum Gasteiger partial charge on any atom is 0.251 e. The highest BCUT2D eigenvalue weighted by Gasteiger charge is 2.28.